The molecule has 1 aliphatic rings. The molecule has 0 aliphatic carbocycles. The Bertz CT molecular complexity index is 967. The summed E-state index contributed by atoms with van der Waals surface area (Å²) in [6, 6.07) is 14.8. The number of morpholine rings is 1. The molecule has 0 unspecified atom stereocenters. The number of fused-ring (bicyclic) bond motifs is 1. The number of ether oxygens (including phenoxy) is 1. The van der Waals surface area contributed by atoms with Crippen LogP contribution in [0.3, 0.4) is 0 Å². The molecule has 4 rings (SSSR count). The number of halogens is 2. The molecule has 1 aliphatic heterocycles. The number of para-hydroxylation sites is 1. The van der Waals surface area contributed by atoms with E-state index < -0.39 is 0 Å². The van der Waals surface area contributed by atoms with Crippen molar-refractivity contribution in [2.24, 2.45) is 0 Å². The second-order valence-electron chi connectivity index (χ2n) is 6.68. The van der Waals surface area contributed by atoms with Crippen molar-refractivity contribution in [3.63, 3.8) is 0 Å². The number of hydrogen-bond acceptors (Lipinski definition) is 6. The van der Waals surface area contributed by atoms with Gasteiger partial charge in [-0.1, -0.05) is 35.6 Å². The molecule has 0 radical (unpaired) electrons. The highest BCUT2D eigenvalue weighted by Gasteiger charge is 2.22. The Morgan fingerprint density at radius 1 is 1.17 bits per heavy atom. The van der Waals surface area contributed by atoms with Gasteiger partial charge in [0, 0.05) is 31.1 Å². The molecular formula is C21H23ClFN3O2S2. The topological polar surface area (TPSA) is 45.7 Å². The minimum atomic E-state index is -0.357. The average Bonchev–Trinajstić information content (AvgIpc) is 3.19. The number of hydrogen-bond donors (Lipinski definition) is 0. The number of benzene rings is 2. The van der Waals surface area contributed by atoms with Crippen LogP contribution in [0.2, 0.25) is 0 Å². The number of rotatable bonds is 7. The third-order valence-corrected chi connectivity index (χ3v) is 6.78. The summed E-state index contributed by atoms with van der Waals surface area (Å²) in [5.74, 6) is -0.0678. The van der Waals surface area contributed by atoms with Crippen LogP contribution in [-0.4, -0.2) is 60.9 Å². The van der Waals surface area contributed by atoms with Gasteiger partial charge in [0.1, 0.15) is 11.3 Å². The van der Waals surface area contributed by atoms with Crippen LogP contribution in [0.4, 0.5) is 9.52 Å². The van der Waals surface area contributed by atoms with E-state index in [1.807, 2.05) is 36.4 Å². The van der Waals surface area contributed by atoms with Crippen molar-refractivity contribution in [3.05, 3.63) is 54.3 Å². The Labute approximate surface area is 189 Å². The molecule has 0 atom stereocenters. The first-order valence-corrected chi connectivity index (χ1v) is 11.3. The number of thiazole rings is 1. The van der Waals surface area contributed by atoms with Gasteiger partial charge in [0.05, 0.1) is 23.7 Å². The Hall–Kier alpha value is -1.71. The number of carbonyl (C=O) groups is 1. The molecule has 1 aromatic heterocycles. The van der Waals surface area contributed by atoms with Crippen LogP contribution < -0.4 is 4.90 Å². The second-order valence-corrected chi connectivity index (χ2v) is 8.74. The summed E-state index contributed by atoms with van der Waals surface area (Å²) >= 11 is 2.86. The van der Waals surface area contributed by atoms with Gasteiger partial charge in [-0.2, -0.15) is 0 Å². The smallest absolute Gasteiger partial charge is 0.239 e. The number of thioether (sulfide) groups is 1. The quantitative estimate of drug-likeness (QED) is 0.484. The minimum Gasteiger partial charge on any atom is -0.379 e. The molecule has 2 heterocycles. The Morgan fingerprint density at radius 2 is 1.93 bits per heavy atom. The van der Waals surface area contributed by atoms with Gasteiger partial charge in [-0.25, -0.2) is 9.37 Å². The fourth-order valence-corrected chi connectivity index (χ4v) is 4.97. The predicted octanol–water partition coefficient (Wildman–Crippen LogP) is 4.31. The summed E-state index contributed by atoms with van der Waals surface area (Å²) in [5, 5.41) is 0.553. The van der Waals surface area contributed by atoms with Crippen molar-refractivity contribution < 1.29 is 13.9 Å². The van der Waals surface area contributed by atoms with Gasteiger partial charge in [-0.3, -0.25) is 14.6 Å². The molecule has 0 saturated carbocycles. The van der Waals surface area contributed by atoms with Crippen molar-refractivity contribution in [1.82, 2.24) is 9.88 Å². The summed E-state index contributed by atoms with van der Waals surface area (Å²) in [6.07, 6.45) is 0. The van der Waals surface area contributed by atoms with Gasteiger partial charge in [-0.05, 0) is 24.3 Å². The van der Waals surface area contributed by atoms with Crippen LogP contribution in [-0.2, 0) is 9.53 Å². The molecule has 30 heavy (non-hydrogen) atoms. The van der Waals surface area contributed by atoms with Gasteiger partial charge in [0.25, 0.3) is 0 Å². The number of nitrogens with zero attached hydrogens (tertiary/aromatic N) is 3. The fourth-order valence-electron chi connectivity index (χ4n) is 3.15. The molecule has 0 bridgehead atoms. The van der Waals surface area contributed by atoms with E-state index in [9.17, 15) is 9.18 Å². The molecule has 0 N–H and O–H groups in total. The number of amides is 1. The summed E-state index contributed by atoms with van der Waals surface area (Å²) in [7, 11) is 0. The predicted molar refractivity (Wildman–Crippen MR) is 124 cm³/mol. The van der Waals surface area contributed by atoms with Gasteiger partial charge in [0.2, 0.25) is 5.91 Å². The summed E-state index contributed by atoms with van der Waals surface area (Å²) in [6.45, 7) is 4.40. The van der Waals surface area contributed by atoms with Crippen molar-refractivity contribution >= 4 is 56.8 Å². The Balaban J connectivity index is 0.00000256. The fraction of sp³-hybridized carbons (Fsp3) is 0.333. The van der Waals surface area contributed by atoms with Crippen LogP contribution in [0.15, 0.2) is 53.4 Å². The standard InChI is InChI=1S/C21H22FN3O2S2.ClH/c22-17-7-4-8-18-20(17)23-21(29-18)25(10-9-24-11-13-27-14-12-24)19(26)15-28-16-5-2-1-3-6-16;/h1-8H,9-15H2;1H. The molecule has 9 heteroatoms. The lowest BCUT2D eigenvalue weighted by atomic mass is 10.3. The van der Waals surface area contributed by atoms with E-state index in [4.69, 9.17) is 4.74 Å². The van der Waals surface area contributed by atoms with Crippen molar-refractivity contribution in [2.45, 2.75) is 4.90 Å². The van der Waals surface area contributed by atoms with Crippen LogP contribution >= 0.6 is 35.5 Å². The highest BCUT2D eigenvalue weighted by Crippen LogP contribution is 2.31. The van der Waals surface area contributed by atoms with E-state index in [2.05, 4.69) is 9.88 Å². The monoisotopic (exact) mass is 467 g/mol. The Kier molecular flexibility index (Phi) is 8.47. The van der Waals surface area contributed by atoms with Gasteiger partial charge in [-0.15, -0.1) is 24.2 Å². The first-order valence-electron chi connectivity index (χ1n) is 9.54. The first kappa shape index (κ1) is 23.0. The van der Waals surface area contributed by atoms with Crippen LogP contribution in [0.5, 0.6) is 0 Å². The molecule has 2 aromatic carbocycles. The molecule has 3 aromatic rings. The highest BCUT2D eigenvalue weighted by atomic mass is 35.5. The average molecular weight is 468 g/mol. The zero-order valence-electron chi connectivity index (χ0n) is 16.3. The zero-order chi connectivity index (χ0) is 20.1. The third kappa shape index (κ3) is 5.70. The van der Waals surface area contributed by atoms with E-state index in [1.165, 1.54) is 29.2 Å². The molecule has 5 nitrogen and oxygen atoms in total. The maximum absolute atomic E-state index is 14.1. The summed E-state index contributed by atoms with van der Waals surface area (Å²) in [4.78, 5) is 22.6. The molecule has 0 spiro atoms. The molecule has 1 saturated heterocycles. The van der Waals surface area contributed by atoms with Crippen molar-refractivity contribution in [1.29, 1.82) is 0 Å². The second kappa shape index (κ2) is 11.1. The lowest BCUT2D eigenvalue weighted by Crippen LogP contribution is -2.43. The van der Waals surface area contributed by atoms with Gasteiger partial charge >= 0.3 is 0 Å². The maximum Gasteiger partial charge on any atom is 0.239 e. The highest BCUT2D eigenvalue weighted by molar-refractivity contribution is 8.00. The third-order valence-electron chi connectivity index (χ3n) is 4.74. The first-order chi connectivity index (χ1) is 14.2. The van der Waals surface area contributed by atoms with Crippen LogP contribution in [0, 0.1) is 5.82 Å². The largest absolute Gasteiger partial charge is 0.379 e. The number of anilines is 1. The zero-order valence-corrected chi connectivity index (χ0v) is 18.8. The summed E-state index contributed by atoms with van der Waals surface area (Å²) in [5.41, 5.74) is 0.326. The lowest BCUT2D eigenvalue weighted by molar-refractivity contribution is -0.116. The van der Waals surface area contributed by atoms with Crippen molar-refractivity contribution in [3.8, 4) is 0 Å². The lowest BCUT2D eigenvalue weighted by Gasteiger charge is -2.29. The molecular weight excluding hydrogens is 445 g/mol. The van der Waals surface area contributed by atoms with E-state index in [0.717, 1.165) is 29.2 Å². The van der Waals surface area contributed by atoms with Gasteiger partial charge < -0.3 is 4.74 Å². The van der Waals surface area contributed by atoms with E-state index in [-0.39, 0.29) is 24.1 Å². The SMILES string of the molecule is Cl.O=C(CSc1ccccc1)N(CCN1CCOCC1)c1nc2c(F)cccc2s1. The van der Waals surface area contributed by atoms with E-state index in [0.29, 0.717) is 36.2 Å². The minimum absolute atomic E-state index is 0. The van der Waals surface area contributed by atoms with E-state index >= 15 is 0 Å². The molecule has 160 valence electrons. The van der Waals surface area contributed by atoms with Crippen LogP contribution in [0.1, 0.15) is 0 Å². The summed E-state index contributed by atoms with van der Waals surface area (Å²) < 4.78 is 20.3. The maximum atomic E-state index is 14.1. The number of aromatic nitrogens is 1. The Morgan fingerprint density at radius 3 is 2.67 bits per heavy atom. The van der Waals surface area contributed by atoms with E-state index in [1.54, 1.807) is 11.0 Å². The number of carbonyl (C=O) groups excluding carboxylic acids is 1. The van der Waals surface area contributed by atoms with Gasteiger partial charge in [0.15, 0.2) is 5.13 Å². The normalized spacial score (nSPS) is 14.4. The van der Waals surface area contributed by atoms with Crippen LogP contribution in [0.25, 0.3) is 10.2 Å². The molecule has 1 fully saturated rings. The molecule has 1 amide bonds. The van der Waals surface area contributed by atoms with Crippen molar-refractivity contribution in [2.75, 3.05) is 50.0 Å².